The van der Waals surface area contributed by atoms with Crippen LogP contribution in [0.25, 0.3) is 0 Å². The predicted octanol–water partition coefficient (Wildman–Crippen LogP) is 3.00. The van der Waals surface area contributed by atoms with Gasteiger partial charge in [0.25, 0.3) is 5.91 Å². The lowest BCUT2D eigenvalue weighted by atomic mass is 10.0. The highest BCUT2D eigenvalue weighted by Crippen LogP contribution is 2.27. The van der Waals surface area contributed by atoms with E-state index in [-0.39, 0.29) is 5.91 Å². The molecule has 0 spiro atoms. The van der Waals surface area contributed by atoms with Crippen LogP contribution in [0.5, 0.6) is 0 Å². The summed E-state index contributed by atoms with van der Waals surface area (Å²) >= 11 is 0. The minimum Gasteiger partial charge on any atom is -0.378 e. The Morgan fingerprint density at radius 1 is 1.03 bits per heavy atom. The van der Waals surface area contributed by atoms with E-state index in [4.69, 9.17) is 0 Å². The molecule has 0 N–H and O–H groups in total. The molecule has 0 bridgehead atoms. The third-order valence-electron chi connectivity index (χ3n) is 5.92. The van der Waals surface area contributed by atoms with Crippen LogP contribution in [0.2, 0.25) is 0 Å². The van der Waals surface area contributed by atoms with E-state index < -0.39 is 0 Å². The van der Waals surface area contributed by atoms with Crippen LogP contribution in [0.1, 0.15) is 17.5 Å². The molecular formula is C26H30N4O. The number of carbonyl (C=O) groups is 1. The Kier molecular flexibility index (Phi) is 6.29. The lowest BCUT2D eigenvalue weighted by Gasteiger charge is -2.42. The maximum Gasteiger partial charge on any atom is 0.254 e. The third-order valence-corrected chi connectivity index (χ3v) is 5.92. The Morgan fingerprint density at radius 2 is 1.77 bits per heavy atom. The van der Waals surface area contributed by atoms with Crippen molar-refractivity contribution in [1.82, 2.24) is 14.7 Å². The summed E-state index contributed by atoms with van der Waals surface area (Å²) in [5.74, 6) is 6.65. The van der Waals surface area contributed by atoms with Gasteiger partial charge >= 0.3 is 0 Å². The largest absolute Gasteiger partial charge is 0.378 e. The summed E-state index contributed by atoms with van der Waals surface area (Å²) in [4.78, 5) is 21.8. The minimum absolute atomic E-state index is 0.158. The number of nitrogens with zero attached hydrogens (tertiary/aromatic N) is 4. The van der Waals surface area contributed by atoms with Crippen molar-refractivity contribution in [2.45, 2.75) is 13.0 Å². The summed E-state index contributed by atoms with van der Waals surface area (Å²) in [6.45, 7) is 3.54. The molecule has 1 amide bonds. The molecule has 5 nitrogen and oxygen atoms in total. The molecule has 0 unspecified atom stereocenters. The molecule has 2 aliphatic rings. The normalized spacial score (nSPS) is 16.7. The van der Waals surface area contributed by atoms with E-state index in [1.807, 2.05) is 49.3 Å². The standard InChI is InChI=1S/C26H30N4O/c1-27(2)23-13-11-22(12-14-23)18-30-20-28(3)25-15-17-29(19-24(25)26(30)31)16-7-10-21-8-5-4-6-9-21/h4-6,8-9,11-14H,15-20H2,1-3H3. The van der Waals surface area contributed by atoms with Crippen LogP contribution in [-0.2, 0) is 11.3 Å². The SMILES string of the molecule is CN1CN(Cc2ccc(N(C)C)cc2)C(=O)C2=C1CCN(CC#Cc1ccccc1)C2. The fourth-order valence-electron chi connectivity index (χ4n) is 4.17. The number of hydrogen-bond acceptors (Lipinski definition) is 4. The Labute approximate surface area is 185 Å². The zero-order valence-electron chi connectivity index (χ0n) is 18.6. The molecular weight excluding hydrogens is 384 g/mol. The van der Waals surface area contributed by atoms with Crippen molar-refractivity contribution < 1.29 is 4.79 Å². The van der Waals surface area contributed by atoms with Crippen LogP contribution >= 0.6 is 0 Å². The number of amides is 1. The van der Waals surface area contributed by atoms with Gasteiger partial charge in [0.05, 0.1) is 18.8 Å². The number of benzene rings is 2. The van der Waals surface area contributed by atoms with Crippen molar-refractivity contribution in [1.29, 1.82) is 0 Å². The van der Waals surface area contributed by atoms with E-state index in [1.165, 1.54) is 5.70 Å². The monoisotopic (exact) mass is 414 g/mol. The van der Waals surface area contributed by atoms with Gasteiger partial charge in [0, 0.05) is 64.1 Å². The van der Waals surface area contributed by atoms with E-state index in [0.29, 0.717) is 26.3 Å². The lowest BCUT2D eigenvalue weighted by Crippen LogP contribution is -2.50. The molecule has 31 heavy (non-hydrogen) atoms. The molecule has 0 aromatic heterocycles. The van der Waals surface area contributed by atoms with Gasteiger partial charge in [-0.15, -0.1) is 0 Å². The Bertz CT molecular complexity index is 1010. The minimum atomic E-state index is 0.158. The third kappa shape index (κ3) is 4.92. The van der Waals surface area contributed by atoms with Crippen LogP contribution in [0.3, 0.4) is 0 Å². The van der Waals surface area contributed by atoms with E-state index in [0.717, 1.165) is 35.4 Å². The van der Waals surface area contributed by atoms with Crippen LogP contribution in [0, 0.1) is 11.8 Å². The molecule has 0 saturated carbocycles. The summed E-state index contributed by atoms with van der Waals surface area (Å²) in [5, 5.41) is 0. The summed E-state index contributed by atoms with van der Waals surface area (Å²) in [6, 6.07) is 18.5. The number of rotatable bonds is 4. The van der Waals surface area contributed by atoms with Crippen LogP contribution in [-0.4, -0.2) is 68.1 Å². The van der Waals surface area contributed by atoms with Gasteiger partial charge in [-0.2, -0.15) is 0 Å². The molecule has 0 saturated heterocycles. The zero-order valence-corrected chi connectivity index (χ0v) is 18.6. The van der Waals surface area contributed by atoms with E-state index in [9.17, 15) is 4.79 Å². The second-order valence-electron chi connectivity index (χ2n) is 8.46. The highest BCUT2D eigenvalue weighted by Gasteiger charge is 2.33. The van der Waals surface area contributed by atoms with Crippen LogP contribution in [0.4, 0.5) is 5.69 Å². The maximum atomic E-state index is 13.3. The number of carbonyl (C=O) groups excluding carboxylic acids is 1. The second kappa shape index (κ2) is 9.28. The number of hydrogen-bond donors (Lipinski definition) is 0. The second-order valence-corrected chi connectivity index (χ2v) is 8.46. The summed E-state index contributed by atoms with van der Waals surface area (Å²) < 4.78 is 0. The van der Waals surface area contributed by atoms with E-state index in [2.05, 4.69) is 57.9 Å². The van der Waals surface area contributed by atoms with Gasteiger partial charge < -0.3 is 14.7 Å². The first kappa shape index (κ1) is 21.0. The Balaban J connectivity index is 1.42. The van der Waals surface area contributed by atoms with Gasteiger partial charge in [0.1, 0.15) is 0 Å². The van der Waals surface area contributed by atoms with Crippen molar-refractivity contribution in [3.63, 3.8) is 0 Å². The fraction of sp³-hybridized carbons (Fsp3) is 0.346. The van der Waals surface area contributed by atoms with Crippen LogP contribution < -0.4 is 4.90 Å². The molecule has 0 atom stereocenters. The zero-order chi connectivity index (χ0) is 21.8. The molecule has 2 heterocycles. The van der Waals surface area contributed by atoms with Gasteiger partial charge in [-0.25, -0.2) is 0 Å². The highest BCUT2D eigenvalue weighted by atomic mass is 16.2. The molecule has 160 valence electrons. The predicted molar refractivity (Wildman–Crippen MR) is 125 cm³/mol. The average molecular weight is 415 g/mol. The average Bonchev–Trinajstić information content (AvgIpc) is 2.78. The van der Waals surface area contributed by atoms with E-state index >= 15 is 0 Å². The first-order valence-electron chi connectivity index (χ1n) is 10.8. The van der Waals surface area contributed by atoms with Crippen molar-refractivity contribution >= 4 is 11.6 Å². The van der Waals surface area contributed by atoms with Crippen molar-refractivity contribution in [2.24, 2.45) is 0 Å². The van der Waals surface area contributed by atoms with Gasteiger partial charge in [-0.05, 0) is 29.8 Å². The molecule has 2 aliphatic heterocycles. The summed E-state index contributed by atoms with van der Waals surface area (Å²) in [7, 11) is 6.16. The highest BCUT2D eigenvalue weighted by molar-refractivity contribution is 5.95. The van der Waals surface area contributed by atoms with Crippen molar-refractivity contribution in [3.05, 3.63) is 77.0 Å². The fourth-order valence-corrected chi connectivity index (χ4v) is 4.17. The first-order chi connectivity index (χ1) is 15.0. The van der Waals surface area contributed by atoms with Gasteiger partial charge in [-0.3, -0.25) is 9.69 Å². The molecule has 0 radical (unpaired) electrons. The van der Waals surface area contributed by atoms with Gasteiger partial charge in [0.2, 0.25) is 0 Å². The maximum absolute atomic E-state index is 13.3. The summed E-state index contributed by atoms with van der Waals surface area (Å²) in [5.41, 5.74) is 5.45. The quantitative estimate of drug-likeness (QED) is 0.720. The first-order valence-corrected chi connectivity index (χ1v) is 10.8. The summed E-state index contributed by atoms with van der Waals surface area (Å²) in [6.07, 6.45) is 0.899. The van der Waals surface area contributed by atoms with Gasteiger partial charge in [-0.1, -0.05) is 42.2 Å². The molecule has 2 aromatic carbocycles. The van der Waals surface area contributed by atoms with Crippen molar-refractivity contribution in [3.8, 4) is 11.8 Å². The van der Waals surface area contributed by atoms with Crippen LogP contribution in [0.15, 0.2) is 65.9 Å². The molecule has 2 aromatic rings. The topological polar surface area (TPSA) is 30.0 Å². The smallest absolute Gasteiger partial charge is 0.254 e. The molecule has 0 aliphatic carbocycles. The van der Waals surface area contributed by atoms with Crippen molar-refractivity contribution in [2.75, 3.05) is 52.3 Å². The van der Waals surface area contributed by atoms with E-state index in [1.54, 1.807) is 0 Å². The molecule has 0 fully saturated rings. The van der Waals surface area contributed by atoms with Gasteiger partial charge in [0.15, 0.2) is 0 Å². The molecule has 4 rings (SSSR count). The lowest BCUT2D eigenvalue weighted by molar-refractivity contribution is -0.131. The number of anilines is 1. The Hall–Kier alpha value is -3.23. The molecule has 5 heteroatoms. The Morgan fingerprint density at radius 3 is 2.48 bits per heavy atom.